The molecule has 1 amide bonds. The minimum atomic E-state index is -0.951. The number of methoxy groups -OCH3 is 1. The number of para-hydroxylation sites is 1. The molecule has 1 N–H and O–H groups in total. The van der Waals surface area contributed by atoms with Gasteiger partial charge in [-0.25, -0.2) is 9.59 Å². The third kappa shape index (κ3) is 3.32. The second kappa shape index (κ2) is 7.26. The highest BCUT2D eigenvalue weighted by Crippen LogP contribution is 2.28. The van der Waals surface area contributed by atoms with Crippen molar-refractivity contribution in [2.45, 2.75) is 33.3 Å². The Morgan fingerprint density at radius 1 is 1.15 bits per heavy atom. The summed E-state index contributed by atoms with van der Waals surface area (Å²) in [4.78, 5) is 41.6. The first kappa shape index (κ1) is 18.7. The van der Waals surface area contributed by atoms with Crippen molar-refractivity contribution in [1.29, 1.82) is 0 Å². The average Bonchev–Trinajstić information content (AvgIpc) is 3.21. The van der Waals surface area contributed by atoms with E-state index in [1.807, 2.05) is 24.3 Å². The average molecular weight is 370 g/mol. The Morgan fingerprint density at radius 2 is 1.85 bits per heavy atom. The fourth-order valence-corrected chi connectivity index (χ4v) is 3.42. The first-order chi connectivity index (χ1) is 12.8. The van der Waals surface area contributed by atoms with Gasteiger partial charge in [0.15, 0.2) is 6.10 Å². The van der Waals surface area contributed by atoms with E-state index in [4.69, 9.17) is 9.47 Å². The molecule has 3 rings (SSSR count). The summed E-state index contributed by atoms with van der Waals surface area (Å²) in [5.41, 5.74) is 3.36. The van der Waals surface area contributed by atoms with Crippen molar-refractivity contribution in [3.05, 3.63) is 52.3 Å². The molecule has 0 unspecified atom stereocenters. The van der Waals surface area contributed by atoms with Crippen LogP contribution in [0.1, 0.15) is 44.6 Å². The third-order valence-corrected chi connectivity index (χ3v) is 4.82. The maximum absolute atomic E-state index is 12.8. The van der Waals surface area contributed by atoms with Crippen molar-refractivity contribution < 1.29 is 23.9 Å². The SMILES string of the molecule is COC(=O)c1c(C)[nH]c(C(=O)O[C@@H](C)C(=O)N2CCc3ccccc32)c1C. The molecular weight excluding hydrogens is 348 g/mol. The van der Waals surface area contributed by atoms with Gasteiger partial charge in [0.25, 0.3) is 5.91 Å². The molecule has 2 heterocycles. The van der Waals surface area contributed by atoms with Crippen LogP contribution in [-0.2, 0) is 20.7 Å². The maximum Gasteiger partial charge on any atom is 0.355 e. The zero-order valence-electron chi connectivity index (χ0n) is 15.8. The number of anilines is 1. The van der Waals surface area contributed by atoms with Gasteiger partial charge in [0.1, 0.15) is 5.69 Å². The van der Waals surface area contributed by atoms with E-state index in [0.717, 1.165) is 17.7 Å². The number of carbonyl (C=O) groups is 3. The van der Waals surface area contributed by atoms with Crippen molar-refractivity contribution >= 4 is 23.5 Å². The highest BCUT2D eigenvalue weighted by atomic mass is 16.5. The zero-order valence-corrected chi connectivity index (χ0v) is 15.8. The number of hydrogen-bond acceptors (Lipinski definition) is 5. The molecule has 1 atom stereocenters. The Balaban J connectivity index is 1.75. The molecule has 0 saturated heterocycles. The molecule has 0 fully saturated rings. The number of H-pyrrole nitrogens is 1. The van der Waals surface area contributed by atoms with Gasteiger partial charge in [-0.3, -0.25) is 4.79 Å². The summed E-state index contributed by atoms with van der Waals surface area (Å²) in [6.07, 6.45) is -0.173. The first-order valence-corrected chi connectivity index (χ1v) is 8.72. The van der Waals surface area contributed by atoms with Crippen LogP contribution in [0, 0.1) is 13.8 Å². The van der Waals surface area contributed by atoms with Crippen LogP contribution in [-0.4, -0.2) is 42.6 Å². The highest BCUT2D eigenvalue weighted by Gasteiger charge is 2.31. The van der Waals surface area contributed by atoms with Crippen molar-refractivity contribution in [2.75, 3.05) is 18.6 Å². The summed E-state index contributed by atoms with van der Waals surface area (Å²) >= 11 is 0. The Kier molecular flexibility index (Phi) is 5.03. The van der Waals surface area contributed by atoms with Gasteiger partial charge in [-0.1, -0.05) is 18.2 Å². The molecule has 2 aromatic rings. The summed E-state index contributed by atoms with van der Waals surface area (Å²) in [6.45, 7) is 5.42. The molecule has 1 aromatic carbocycles. The third-order valence-electron chi connectivity index (χ3n) is 4.82. The number of benzene rings is 1. The van der Waals surface area contributed by atoms with Crippen LogP contribution in [0.15, 0.2) is 24.3 Å². The van der Waals surface area contributed by atoms with E-state index in [-0.39, 0.29) is 11.6 Å². The van der Waals surface area contributed by atoms with E-state index in [0.29, 0.717) is 23.4 Å². The van der Waals surface area contributed by atoms with Gasteiger partial charge < -0.3 is 19.4 Å². The number of ether oxygens (including phenoxy) is 2. The predicted octanol–water partition coefficient (Wildman–Crippen LogP) is 2.55. The molecular formula is C20H22N2O5. The number of aryl methyl sites for hydroxylation is 1. The molecule has 142 valence electrons. The van der Waals surface area contributed by atoms with Gasteiger partial charge in [-0.2, -0.15) is 0 Å². The molecule has 0 aliphatic carbocycles. The highest BCUT2D eigenvalue weighted by molar-refractivity contribution is 6.02. The fourth-order valence-electron chi connectivity index (χ4n) is 3.42. The van der Waals surface area contributed by atoms with Gasteiger partial charge in [-0.05, 0) is 44.4 Å². The number of aromatic nitrogens is 1. The van der Waals surface area contributed by atoms with Crippen LogP contribution in [0.3, 0.4) is 0 Å². The van der Waals surface area contributed by atoms with Crippen LogP contribution < -0.4 is 4.90 Å². The van der Waals surface area contributed by atoms with Crippen LogP contribution >= 0.6 is 0 Å². The number of aromatic amines is 1. The van der Waals surface area contributed by atoms with Gasteiger partial charge in [0.05, 0.1) is 12.7 Å². The number of rotatable bonds is 4. The number of hydrogen-bond donors (Lipinski definition) is 1. The van der Waals surface area contributed by atoms with Crippen molar-refractivity contribution in [3.63, 3.8) is 0 Å². The number of nitrogens with one attached hydrogen (secondary N) is 1. The lowest BCUT2D eigenvalue weighted by molar-refractivity contribution is -0.126. The summed E-state index contributed by atoms with van der Waals surface area (Å²) in [6, 6.07) is 7.68. The minimum absolute atomic E-state index is 0.148. The summed E-state index contributed by atoms with van der Waals surface area (Å²) in [5, 5.41) is 0. The second-order valence-corrected chi connectivity index (χ2v) is 6.53. The number of esters is 2. The summed E-state index contributed by atoms with van der Waals surface area (Å²) in [5.74, 6) is -1.49. The Labute approximate surface area is 157 Å². The van der Waals surface area contributed by atoms with Crippen molar-refractivity contribution in [2.24, 2.45) is 0 Å². The molecule has 0 spiro atoms. The van der Waals surface area contributed by atoms with E-state index in [1.54, 1.807) is 25.7 Å². The second-order valence-electron chi connectivity index (χ2n) is 6.53. The van der Waals surface area contributed by atoms with Gasteiger partial charge in [-0.15, -0.1) is 0 Å². The smallest absolute Gasteiger partial charge is 0.355 e. The Bertz CT molecular complexity index is 915. The lowest BCUT2D eigenvalue weighted by atomic mass is 10.1. The van der Waals surface area contributed by atoms with Gasteiger partial charge in [0.2, 0.25) is 0 Å². The number of fused-ring (bicyclic) bond motifs is 1. The molecule has 27 heavy (non-hydrogen) atoms. The number of nitrogens with zero attached hydrogens (tertiary/aromatic N) is 1. The van der Waals surface area contributed by atoms with Crippen molar-refractivity contribution in [1.82, 2.24) is 4.98 Å². The molecule has 7 heteroatoms. The Hall–Kier alpha value is -3.09. The van der Waals surface area contributed by atoms with E-state index in [2.05, 4.69) is 4.98 Å². The van der Waals surface area contributed by atoms with E-state index in [9.17, 15) is 14.4 Å². The minimum Gasteiger partial charge on any atom is -0.465 e. The summed E-state index contributed by atoms with van der Waals surface area (Å²) in [7, 11) is 1.28. The topological polar surface area (TPSA) is 88.7 Å². The lowest BCUT2D eigenvalue weighted by Gasteiger charge is -2.21. The molecule has 0 bridgehead atoms. The normalized spacial score (nSPS) is 13.9. The quantitative estimate of drug-likeness (QED) is 0.836. The Morgan fingerprint density at radius 3 is 2.56 bits per heavy atom. The largest absolute Gasteiger partial charge is 0.465 e. The first-order valence-electron chi connectivity index (χ1n) is 8.72. The van der Waals surface area contributed by atoms with Gasteiger partial charge in [0, 0.05) is 17.9 Å². The van der Waals surface area contributed by atoms with E-state index in [1.165, 1.54) is 7.11 Å². The lowest BCUT2D eigenvalue weighted by Crippen LogP contribution is -2.39. The van der Waals surface area contributed by atoms with Gasteiger partial charge >= 0.3 is 11.9 Å². The van der Waals surface area contributed by atoms with Crippen LogP contribution in [0.2, 0.25) is 0 Å². The molecule has 1 aliphatic heterocycles. The molecule has 1 aliphatic rings. The number of carbonyl (C=O) groups excluding carboxylic acids is 3. The molecule has 7 nitrogen and oxygen atoms in total. The molecule has 1 aromatic heterocycles. The predicted molar refractivity (Wildman–Crippen MR) is 99.0 cm³/mol. The fraction of sp³-hybridized carbons (Fsp3) is 0.350. The molecule has 0 radical (unpaired) electrons. The van der Waals surface area contributed by atoms with E-state index < -0.39 is 18.0 Å². The van der Waals surface area contributed by atoms with Crippen LogP contribution in [0.5, 0.6) is 0 Å². The summed E-state index contributed by atoms with van der Waals surface area (Å²) < 4.78 is 10.1. The zero-order chi connectivity index (χ0) is 19.7. The standard InChI is InChI=1S/C20H22N2O5/c1-11-16(19(24)26-4)12(2)21-17(11)20(25)27-13(3)18(23)22-10-9-14-7-5-6-8-15(14)22/h5-8,13,21H,9-10H2,1-4H3/t13-/m0/s1. The van der Waals surface area contributed by atoms with Crippen LogP contribution in [0.4, 0.5) is 5.69 Å². The van der Waals surface area contributed by atoms with Crippen molar-refractivity contribution in [3.8, 4) is 0 Å². The molecule has 0 saturated carbocycles. The number of amides is 1. The monoisotopic (exact) mass is 370 g/mol. The van der Waals surface area contributed by atoms with Crippen LogP contribution in [0.25, 0.3) is 0 Å². The van der Waals surface area contributed by atoms with E-state index >= 15 is 0 Å². The maximum atomic E-state index is 12.8.